The summed E-state index contributed by atoms with van der Waals surface area (Å²) in [5.41, 5.74) is 6.67. The van der Waals surface area contributed by atoms with Gasteiger partial charge in [0.25, 0.3) is 0 Å². The molecule has 0 fully saturated rings. The van der Waals surface area contributed by atoms with Crippen molar-refractivity contribution in [2.24, 2.45) is 5.73 Å². The largest absolute Gasteiger partial charge is 0.411 e. The van der Waals surface area contributed by atoms with Crippen LogP contribution in [0.2, 0.25) is 0 Å². The smallest absolute Gasteiger partial charge is 0.351 e. The fourth-order valence-corrected chi connectivity index (χ4v) is 1.26. The Labute approximate surface area is 92.0 Å². The monoisotopic (exact) mass is 236 g/mol. The molecule has 0 aliphatic rings. The second-order valence-corrected chi connectivity index (χ2v) is 3.57. The van der Waals surface area contributed by atoms with E-state index in [0.717, 1.165) is 12.0 Å². The van der Waals surface area contributed by atoms with Gasteiger partial charge in [0.15, 0.2) is 0 Å². The molecule has 0 aliphatic heterocycles. The molecule has 1 rings (SSSR count). The molecule has 92 valence electrons. The zero-order chi connectivity index (χ0) is 12.2. The van der Waals surface area contributed by atoms with Crippen LogP contribution in [0, 0.1) is 0 Å². The van der Waals surface area contributed by atoms with Gasteiger partial charge < -0.3 is 15.0 Å². The van der Waals surface area contributed by atoms with Gasteiger partial charge in [-0.25, -0.2) is 0 Å². The van der Waals surface area contributed by atoms with Crippen LogP contribution in [-0.4, -0.2) is 17.4 Å². The Hall–Kier alpha value is -1.01. The number of alkyl halides is 3. The minimum absolute atomic E-state index is 0.0798. The average Bonchev–Trinajstić information content (AvgIpc) is 2.63. The summed E-state index contributed by atoms with van der Waals surface area (Å²) in [6, 6.07) is 1.70. The lowest BCUT2D eigenvalue weighted by molar-refractivity contribution is -0.181. The van der Waals surface area contributed by atoms with E-state index in [9.17, 15) is 13.2 Å². The molecule has 6 heteroatoms. The summed E-state index contributed by atoms with van der Waals surface area (Å²) in [7, 11) is 0. The molecule has 1 heterocycles. The summed E-state index contributed by atoms with van der Waals surface area (Å²) in [5.74, 6) is 0. The number of halogens is 3. The lowest BCUT2D eigenvalue weighted by Gasteiger charge is -2.08. The molecule has 2 N–H and O–H groups in total. The van der Waals surface area contributed by atoms with E-state index in [1.165, 1.54) is 4.57 Å². The van der Waals surface area contributed by atoms with Crippen molar-refractivity contribution >= 4 is 0 Å². The van der Waals surface area contributed by atoms with Crippen molar-refractivity contribution in [1.82, 2.24) is 4.57 Å². The van der Waals surface area contributed by atoms with Gasteiger partial charge in [-0.15, -0.1) is 0 Å². The Morgan fingerprint density at radius 2 is 2.19 bits per heavy atom. The summed E-state index contributed by atoms with van der Waals surface area (Å²) in [6.07, 6.45) is -0.144. The van der Waals surface area contributed by atoms with Crippen LogP contribution >= 0.6 is 0 Å². The van der Waals surface area contributed by atoms with Gasteiger partial charge in [0.05, 0.1) is 0 Å². The fraction of sp³-hybridized carbons (Fsp3) is 0.600. The highest BCUT2D eigenvalue weighted by atomic mass is 19.4. The second kappa shape index (κ2) is 5.36. The van der Waals surface area contributed by atoms with E-state index in [-0.39, 0.29) is 12.8 Å². The van der Waals surface area contributed by atoms with Crippen molar-refractivity contribution in [2.45, 2.75) is 32.3 Å². The predicted octanol–water partition coefficient (Wildman–Crippen LogP) is 2.43. The number of aromatic nitrogens is 1. The first kappa shape index (κ1) is 13.1. The summed E-state index contributed by atoms with van der Waals surface area (Å²) in [4.78, 5) is 0. The molecular weight excluding hydrogens is 221 g/mol. The molecule has 1 aromatic heterocycles. The molecule has 0 saturated heterocycles. The molecule has 3 nitrogen and oxygen atoms in total. The zero-order valence-electron chi connectivity index (χ0n) is 9.00. The van der Waals surface area contributed by atoms with Gasteiger partial charge in [-0.3, -0.25) is 0 Å². The number of nitrogens with two attached hydrogens (primary N) is 1. The Morgan fingerprint density at radius 3 is 2.75 bits per heavy atom. The van der Waals surface area contributed by atoms with Crippen molar-refractivity contribution in [2.75, 3.05) is 6.61 Å². The lowest BCUT2D eigenvalue weighted by atomic mass is 10.1. The van der Waals surface area contributed by atoms with E-state index in [1.807, 2.05) is 6.92 Å². The van der Waals surface area contributed by atoms with Crippen LogP contribution < -0.4 is 5.73 Å². The molecule has 0 aromatic carbocycles. The number of ether oxygens (including phenoxy) is 1. The first-order valence-electron chi connectivity index (χ1n) is 4.98. The van der Waals surface area contributed by atoms with Crippen LogP contribution in [-0.2, 0) is 11.5 Å². The number of hydrogen-bond acceptors (Lipinski definition) is 2. The van der Waals surface area contributed by atoms with Crippen molar-refractivity contribution in [3.8, 4) is 0 Å². The molecule has 0 bridgehead atoms. The van der Waals surface area contributed by atoms with Gasteiger partial charge >= 0.3 is 6.18 Å². The molecule has 1 aromatic rings. The van der Waals surface area contributed by atoms with Gasteiger partial charge in [0, 0.05) is 18.4 Å². The number of hydrogen-bond donors (Lipinski definition) is 1. The first-order chi connectivity index (χ1) is 7.42. The maximum Gasteiger partial charge on any atom is 0.411 e. The topological polar surface area (TPSA) is 40.2 Å². The third kappa shape index (κ3) is 4.24. The van der Waals surface area contributed by atoms with E-state index in [0.29, 0.717) is 0 Å². The maximum absolute atomic E-state index is 11.8. The minimum Gasteiger partial charge on any atom is -0.351 e. The van der Waals surface area contributed by atoms with Crippen LogP contribution in [0.5, 0.6) is 0 Å². The van der Waals surface area contributed by atoms with E-state index in [4.69, 9.17) is 5.73 Å². The highest BCUT2D eigenvalue weighted by Crippen LogP contribution is 2.16. The van der Waals surface area contributed by atoms with Crippen molar-refractivity contribution < 1.29 is 17.9 Å². The minimum atomic E-state index is -4.28. The quantitative estimate of drug-likeness (QED) is 0.852. The van der Waals surface area contributed by atoms with Gasteiger partial charge in [-0.05, 0) is 18.1 Å². The van der Waals surface area contributed by atoms with Crippen molar-refractivity contribution in [3.05, 3.63) is 24.0 Å². The van der Waals surface area contributed by atoms with Crippen molar-refractivity contribution in [1.29, 1.82) is 0 Å². The average molecular weight is 236 g/mol. The number of rotatable bonds is 5. The van der Waals surface area contributed by atoms with Crippen LogP contribution in [0.3, 0.4) is 0 Å². The van der Waals surface area contributed by atoms with Gasteiger partial charge in [0.2, 0.25) is 0 Å². The summed E-state index contributed by atoms with van der Waals surface area (Å²) in [5, 5.41) is 0. The van der Waals surface area contributed by atoms with Crippen LogP contribution in [0.15, 0.2) is 18.5 Å². The molecule has 0 aliphatic carbocycles. The third-order valence-corrected chi connectivity index (χ3v) is 2.15. The standard InChI is InChI=1S/C10H15F3N2O/c1-2-9(14)8-3-4-15(5-8)7-16-6-10(11,12)13/h3-5,9H,2,6-7,14H2,1H3. The normalized spacial score (nSPS) is 14.1. The highest BCUT2D eigenvalue weighted by Gasteiger charge is 2.27. The molecule has 0 amide bonds. The van der Waals surface area contributed by atoms with Crippen molar-refractivity contribution in [3.63, 3.8) is 0 Å². The van der Waals surface area contributed by atoms with E-state index in [2.05, 4.69) is 4.74 Å². The number of nitrogens with zero attached hydrogens (tertiary/aromatic N) is 1. The molecule has 1 atom stereocenters. The lowest BCUT2D eigenvalue weighted by Crippen LogP contribution is -2.18. The first-order valence-corrected chi connectivity index (χ1v) is 4.98. The summed E-state index contributed by atoms with van der Waals surface area (Å²) < 4.78 is 41.4. The third-order valence-electron chi connectivity index (χ3n) is 2.15. The molecular formula is C10H15F3N2O. The second-order valence-electron chi connectivity index (χ2n) is 3.57. The molecule has 1 unspecified atom stereocenters. The van der Waals surface area contributed by atoms with E-state index >= 15 is 0 Å². The predicted molar refractivity (Wildman–Crippen MR) is 53.7 cm³/mol. The van der Waals surface area contributed by atoms with E-state index < -0.39 is 12.8 Å². The van der Waals surface area contributed by atoms with Crippen LogP contribution in [0.4, 0.5) is 13.2 Å². The van der Waals surface area contributed by atoms with Gasteiger partial charge in [0.1, 0.15) is 13.3 Å². The summed E-state index contributed by atoms with van der Waals surface area (Å²) in [6.45, 7) is 0.596. The van der Waals surface area contributed by atoms with E-state index in [1.54, 1.807) is 18.5 Å². The van der Waals surface area contributed by atoms with Gasteiger partial charge in [-0.2, -0.15) is 13.2 Å². The molecule has 16 heavy (non-hydrogen) atoms. The Bertz CT molecular complexity index is 322. The molecule has 0 radical (unpaired) electrons. The Morgan fingerprint density at radius 1 is 1.50 bits per heavy atom. The van der Waals surface area contributed by atoms with Gasteiger partial charge in [-0.1, -0.05) is 6.92 Å². The summed E-state index contributed by atoms with van der Waals surface area (Å²) >= 11 is 0. The highest BCUT2D eigenvalue weighted by molar-refractivity contribution is 5.14. The maximum atomic E-state index is 11.8. The van der Waals surface area contributed by atoms with Crippen LogP contribution in [0.25, 0.3) is 0 Å². The van der Waals surface area contributed by atoms with Crippen LogP contribution in [0.1, 0.15) is 24.9 Å². The molecule has 0 spiro atoms. The Kier molecular flexibility index (Phi) is 4.37. The molecule has 0 saturated carbocycles. The zero-order valence-corrected chi connectivity index (χ0v) is 9.00. The Balaban J connectivity index is 2.41. The fourth-order valence-electron chi connectivity index (χ4n) is 1.26. The SMILES string of the molecule is CCC(N)c1ccn(COCC(F)(F)F)c1.